The molecule has 5 nitrogen and oxygen atoms in total. The Kier molecular flexibility index (Phi) is 4.95. The molecule has 1 aromatic heterocycles. The van der Waals surface area contributed by atoms with Gasteiger partial charge >= 0.3 is 0 Å². The maximum atomic E-state index is 11.5. The third-order valence-electron chi connectivity index (χ3n) is 3.56. The van der Waals surface area contributed by atoms with E-state index >= 15 is 0 Å². The van der Waals surface area contributed by atoms with E-state index in [0.717, 1.165) is 38.5 Å². The monoisotopic (exact) mass is 276 g/mol. The summed E-state index contributed by atoms with van der Waals surface area (Å²) in [6.07, 6.45) is 1.65. The van der Waals surface area contributed by atoms with Gasteiger partial charge in [-0.1, -0.05) is 13.8 Å². The zero-order chi connectivity index (χ0) is 14.5. The van der Waals surface area contributed by atoms with Crippen LogP contribution in [0.3, 0.4) is 0 Å². The van der Waals surface area contributed by atoms with Gasteiger partial charge < -0.3 is 10.2 Å². The van der Waals surface area contributed by atoms with Crippen molar-refractivity contribution in [2.24, 2.45) is 5.92 Å². The number of nitrogens with zero attached hydrogens (tertiary/aromatic N) is 3. The molecule has 2 rings (SSSR count). The number of aromatic nitrogens is 1. The standard InChI is InChI=1S/C15H24N4O/c1-12(2)11-18-6-8-19(9-7-18)14-5-4-13(10-17-14)15(20)16-3/h4-5,10,12H,6-9,11H2,1-3H3,(H,16,20). The fourth-order valence-corrected chi connectivity index (χ4v) is 2.53. The maximum Gasteiger partial charge on any atom is 0.252 e. The summed E-state index contributed by atoms with van der Waals surface area (Å²) in [6.45, 7) is 9.83. The topological polar surface area (TPSA) is 48.5 Å². The molecule has 5 heteroatoms. The third-order valence-corrected chi connectivity index (χ3v) is 3.56. The Balaban J connectivity index is 1.92. The van der Waals surface area contributed by atoms with E-state index in [-0.39, 0.29) is 5.91 Å². The second-order valence-electron chi connectivity index (χ2n) is 5.67. The highest BCUT2D eigenvalue weighted by atomic mass is 16.1. The van der Waals surface area contributed by atoms with E-state index in [1.54, 1.807) is 13.2 Å². The number of hydrogen-bond donors (Lipinski definition) is 1. The van der Waals surface area contributed by atoms with Crippen LogP contribution in [0.15, 0.2) is 18.3 Å². The molecule has 1 saturated heterocycles. The number of rotatable bonds is 4. The van der Waals surface area contributed by atoms with Crippen molar-refractivity contribution in [2.75, 3.05) is 44.7 Å². The molecule has 0 aromatic carbocycles. The minimum absolute atomic E-state index is 0.0918. The van der Waals surface area contributed by atoms with Crippen LogP contribution >= 0.6 is 0 Å². The van der Waals surface area contributed by atoms with E-state index in [1.165, 1.54) is 0 Å². The van der Waals surface area contributed by atoms with Gasteiger partial charge in [-0.25, -0.2) is 4.98 Å². The first-order valence-corrected chi connectivity index (χ1v) is 7.25. The van der Waals surface area contributed by atoms with Crippen LogP contribution in [-0.2, 0) is 0 Å². The summed E-state index contributed by atoms with van der Waals surface area (Å²) >= 11 is 0. The molecule has 2 heterocycles. The molecule has 1 amide bonds. The Morgan fingerprint density at radius 1 is 1.30 bits per heavy atom. The first-order chi connectivity index (χ1) is 9.60. The number of hydrogen-bond acceptors (Lipinski definition) is 4. The summed E-state index contributed by atoms with van der Waals surface area (Å²) < 4.78 is 0. The molecule has 0 unspecified atom stereocenters. The second kappa shape index (κ2) is 6.70. The normalized spacial score (nSPS) is 16.5. The fraction of sp³-hybridized carbons (Fsp3) is 0.600. The first kappa shape index (κ1) is 14.8. The molecular formula is C15H24N4O. The van der Waals surface area contributed by atoms with Crippen molar-refractivity contribution in [3.63, 3.8) is 0 Å². The molecule has 0 aliphatic carbocycles. The van der Waals surface area contributed by atoms with Gasteiger partial charge in [0.05, 0.1) is 5.56 Å². The molecule has 1 aliphatic rings. The van der Waals surface area contributed by atoms with E-state index < -0.39 is 0 Å². The van der Waals surface area contributed by atoms with Crippen molar-refractivity contribution in [1.82, 2.24) is 15.2 Å². The molecular weight excluding hydrogens is 252 g/mol. The van der Waals surface area contributed by atoms with Crippen LogP contribution in [0.4, 0.5) is 5.82 Å². The van der Waals surface area contributed by atoms with Crippen LogP contribution in [0.1, 0.15) is 24.2 Å². The Bertz CT molecular complexity index is 436. The van der Waals surface area contributed by atoms with Crippen molar-refractivity contribution in [3.8, 4) is 0 Å². The van der Waals surface area contributed by atoms with Crippen molar-refractivity contribution < 1.29 is 4.79 Å². The first-order valence-electron chi connectivity index (χ1n) is 7.25. The molecule has 0 bridgehead atoms. The van der Waals surface area contributed by atoms with E-state index in [4.69, 9.17) is 0 Å². The summed E-state index contributed by atoms with van der Waals surface area (Å²) in [4.78, 5) is 20.7. The van der Waals surface area contributed by atoms with Gasteiger partial charge in [0.2, 0.25) is 0 Å². The smallest absolute Gasteiger partial charge is 0.252 e. The molecule has 0 radical (unpaired) electrons. The average molecular weight is 276 g/mol. The van der Waals surface area contributed by atoms with E-state index in [1.807, 2.05) is 12.1 Å². The Labute approximate surface area is 121 Å². The van der Waals surface area contributed by atoms with Gasteiger partial charge in [0.15, 0.2) is 0 Å². The van der Waals surface area contributed by atoms with Crippen LogP contribution in [0.25, 0.3) is 0 Å². The van der Waals surface area contributed by atoms with Crippen LogP contribution in [0.2, 0.25) is 0 Å². The van der Waals surface area contributed by atoms with Crippen LogP contribution in [0, 0.1) is 5.92 Å². The summed E-state index contributed by atoms with van der Waals surface area (Å²) in [6, 6.07) is 3.77. The summed E-state index contributed by atoms with van der Waals surface area (Å²) in [5, 5.41) is 2.61. The van der Waals surface area contributed by atoms with Crippen LogP contribution < -0.4 is 10.2 Å². The molecule has 1 aliphatic heterocycles. The molecule has 20 heavy (non-hydrogen) atoms. The number of pyridine rings is 1. The van der Waals surface area contributed by atoms with Crippen molar-refractivity contribution in [2.45, 2.75) is 13.8 Å². The van der Waals surface area contributed by atoms with E-state index in [2.05, 4.69) is 33.9 Å². The number of amides is 1. The number of nitrogens with one attached hydrogen (secondary N) is 1. The van der Waals surface area contributed by atoms with Gasteiger partial charge in [-0.15, -0.1) is 0 Å². The molecule has 1 N–H and O–H groups in total. The Morgan fingerprint density at radius 3 is 2.50 bits per heavy atom. The van der Waals surface area contributed by atoms with Gasteiger partial charge in [-0.2, -0.15) is 0 Å². The predicted molar refractivity (Wildman–Crippen MR) is 81.1 cm³/mol. The Hall–Kier alpha value is -1.62. The molecule has 0 saturated carbocycles. The lowest BCUT2D eigenvalue weighted by Gasteiger charge is -2.36. The number of carbonyl (C=O) groups excluding carboxylic acids is 1. The largest absolute Gasteiger partial charge is 0.355 e. The molecule has 0 spiro atoms. The fourth-order valence-electron chi connectivity index (χ4n) is 2.53. The number of carbonyl (C=O) groups is 1. The van der Waals surface area contributed by atoms with Gasteiger partial charge in [-0.3, -0.25) is 9.69 Å². The maximum absolute atomic E-state index is 11.5. The highest BCUT2D eigenvalue weighted by Crippen LogP contribution is 2.14. The average Bonchev–Trinajstić information content (AvgIpc) is 2.47. The lowest BCUT2D eigenvalue weighted by Crippen LogP contribution is -2.47. The van der Waals surface area contributed by atoms with Crippen molar-refractivity contribution in [3.05, 3.63) is 23.9 Å². The van der Waals surface area contributed by atoms with Gasteiger partial charge in [-0.05, 0) is 18.1 Å². The molecule has 0 atom stereocenters. The molecule has 110 valence electrons. The third kappa shape index (κ3) is 3.70. The Morgan fingerprint density at radius 2 is 2.00 bits per heavy atom. The van der Waals surface area contributed by atoms with Gasteiger partial charge in [0, 0.05) is 46.0 Å². The minimum atomic E-state index is -0.0918. The van der Waals surface area contributed by atoms with E-state index in [9.17, 15) is 4.79 Å². The van der Waals surface area contributed by atoms with Gasteiger partial charge in [0.1, 0.15) is 5.82 Å². The summed E-state index contributed by atoms with van der Waals surface area (Å²) in [7, 11) is 1.63. The lowest BCUT2D eigenvalue weighted by atomic mass is 10.2. The highest BCUT2D eigenvalue weighted by Gasteiger charge is 2.18. The summed E-state index contributed by atoms with van der Waals surface area (Å²) in [5.74, 6) is 1.58. The molecule has 1 fully saturated rings. The van der Waals surface area contributed by atoms with Crippen LogP contribution in [-0.4, -0.2) is 55.6 Å². The van der Waals surface area contributed by atoms with Gasteiger partial charge in [0.25, 0.3) is 5.91 Å². The quantitative estimate of drug-likeness (QED) is 0.898. The zero-order valence-corrected chi connectivity index (χ0v) is 12.6. The molecule has 1 aromatic rings. The SMILES string of the molecule is CNC(=O)c1ccc(N2CCN(CC(C)C)CC2)nc1. The van der Waals surface area contributed by atoms with Crippen LogP contribution in [0.5, 0.6) is 0 Å². The van der Waals surface area contributed by atoms with Crippen molar-refractivity contribution >= 4 is 11.7 Å². The highest BCUT2D eigenvalue weighted by molar-refractivity contribution is 5.93. The second-order valence-corrected chi connectivity index (χ2v) is 5.67. The summed E-state index contributed by atoms with van der Waals surface area (Å²) in [5.41, 5.74) is 0.606. The minimum Gasteiger partial charge on any atom is -0.355 e. The van der Waals surface area contributed by atoms with E-state index in [0.29, 0.717) is 11.5 Å². The lowest BCUT2D eigenvalue weighted by molar-refractivity contribution is 0.0963. The zero-order valence-electron chi connectivity index (χ0n) is 12.6. The number of piperazine rings is 1. The van der Waals surface area contributed by atoms with Crippen molar-refractivity contribution in [1.29, 1.82) is 0 Å². The predicted octanol–water partition coefficient (Wildman–Crippen LogP) is 1.22. The number of anilines is 1.